The topological polar surface area (TPSA) is 48.1 Å². The van der Waals surface area contributed by atoms with Crippen LogP contribution >= 0.6 is 11.6 Å². The summed E-state index contributed by atoms with van der Waals surface area (Å²) >= 11 is 5.80. The van der Waals surface area contributed by atoms with Crippen molar-refractivity contribution < 1.29 is 4.74 Å². The molecular formula is C13H13ClN2O. The van der Waals surface area contributed by atoms with Crippen molar-refractivity contribution in [1.82, 2.24) is 4.98 Å². The summed E-state index contributed by atoms with van der Waals surface area (Å²) in [5.41, 5.74) is 8.48. The molecule has 0 spiro atoms. The molecular weight excluding hydrogens is 236 g/mol. The number of nitrogens with zero attached hydrogens (tertiary/aromatic N) is 1. The van der Waals surface area contributed by atoms with Crippen molar-refractivity contribution in [3.8, 4) is 11.6 Å². The molecule has 2 N–H and O–H groups in total. The van der Waals surface area contributed by atoms with Gasteiger partial charge in [0.1, 0.15) is 10.9 Å². The zero-order valence-electron chi connectivity index (χ0n) is 9.70. The minimum Gasteiger partial charge on any atom is -0.437 e. The molecule has 0 aliphatic carbocycles. The van der Waals surface area contributed by atoms with E-state index in [1.165, 1.54) is 0 Å². The van der Waals surface area contributed by atoms with E-state index >= 15 is 0 Å². The highest BCUT2D eigenvalue weighted by Gasteiger charge is 2.05. The summed E-state index contributed by atoms with van der Waals surface area (Å²) in [7, 11) is 0. The minimum atomic E-state index is 0.336. The number of aromatic nitrogens is 1. The van der Waals surface area contributed by atoms with Crippen LogP contribution in [0, 0.1) is 13.8 Å². The lowest BCUT2D eigenvalue weighted by Crippen LogP contribution is -1.95. The molecule has 3 nitrogen and oxygen atoms in total. The fourth-order valence-corrected chi connectivity index (χ4v) is 1.75. The second kappa shape index (κ2) is 4.63. The molecule has 0 bridgehead atoms. The Balaban J connectivity index is 2.34. The van der Waals surface area contributed by atoms with Gasteiger partial charge in [0, 0.05) is 0 Å². The summed E-state index contributed by atoms with van der Waals surface area (Å²) < 4.78 is 5.63. The van der Waals surface area contributed by atoms with E-state index in [9.17, 15) is 0 Å². The first-order valence-corrected chi connectivity index (χ1v) is 5.60. The van der Waals surface area contributed by atoms with Crippen molar-refractivity contribution in [2.45, 2.75) is 13.8 Å². The fourth-order valence-electron chi connectivity index (χ4n) is 1.61. The number of anilines is 1. The number of halogens is 1. The maximum Gasteiger partial charge on any atom is 0.244 e. The number of nitrogen functional groups attached to an aromatic ring is 1. The smallest absolute Gasteiger partial charge is 0.244 e. The molecule has 1 aromatic carbocycles. The second-order valence-corrected chi connectivity index (χ2v) is 4.34. The number of hydrogen-bond acceptors (Lipinski definition) is 3. The normalized spacial score (nSPS) is 10.3. The van der Waals surface area contributed by atoms with E-state index in [1.54, 1.807) is 12.1 Å². The molecule has 17 heavy (non-hydrogen) atoms. The molecule has 0 amide bonds. The molecule has 4 heteroatoms. The molecule has 88 valence electrons. The van der Waals surface area contributed by atoms with Gasteiger partial charge in [-0.15, -0.1) is 0 Å². The molecule has 0 atom stereocenters. The molecule has 0 saturated heterocycles. The Kier molecular flexibility index (Phi) is 3.20. The van der Waals surface area contributed by atoms with Crippen molar-refractivity contribution in [3.63, 3.8) is 0 Å². The van der Waals surface area contributed by atoms with Gasteiger partial charge >= 0.3 is 0 Å². The molecule has 2 rings (SSSR count). The lowest BCUT2D eigenvalue weighted by atomic mass is 10.1. The van der Waals surface area contributed by atoms with E-state index in [4.69, 9.17) is 22.1 Å². The van der Waals surface area contributed by atoms with E-state index in [1.807, 2.05) is 26.0 Å². The highest BCUT2D eigenvalue weighted by atomic mass is 35.5. The van der Waals surface area contributed by atoms with Gasteiger partial charge in [0.2, 0.25) is 5.88 Å². The van der Waals surface area contributed by atoms with E-state index in [-0.39, 0.29) is 0 Å². The third kappa shape index (κ3) is 2.88. The van der Waals surface area contributed by atoms with Gasteiger partial charge in [0.25, 0.3) is 0 Å². The molecule has 0 aliphatic heterocycles. The summed E-state index contributed by atoms with van der Waals surface area (Å²) in [5, 5.41) is 0.360. The lowest BCUT2D eigenvalue weighted by Gasteiger charge is -2.09. The van der Waals surface area contributed by atoms with Gasteiger partial charge in [-0.1, -0.05) is 17.7 Å². The first-order chi connectivity index (χ1) is 8.04. The molecule has 0 radical (unpaired) electrons. The van der Waals surface area contributed by atoms with Gasteiger partial charge in [0.05, 0.1) is 5.69 Å². The largest absolute Gasteiger partial charge is 0.437 e. The molecule has 0 saturated carbocycles. The van der Waals surface area contributed by atoms with Gasteiger partial charge in [-0.3, -0.25) is 0 Å². The number of hydrogen-bond donors (Lipinski definition) is 1. The van der Waals surface area contributed by atoms with Crippen LogP contribution in [-0.4, -0.2) is 4.98 Å². The first kappa shape index (κ1) is 11.7. The molecule has 0 aliphatic rings. The van der Waals surface area contributed by atoms with Crippen LogP contribution in [0.15, 0.2) is 30.3 Å². The number of aryl methyl sites for hydroxylation is 2. The van der Waals surface area contributed by atoms with Crippen LogP contribution in [0.1, 0.15) is 11.1 Å². The van der Waals surface area contributed by atoms with Crippen molar-refractivity contribution >= 4 is 17.3 Å². The zero-order chi connectivity index (χ0) is 12.4. The highest BCUT2D eigenvalue weighted by Crippen LogP contribution is 2.27. The van der Waals surface area contributed by atoms with Gasteiger partial charge in [-0.25, -0.2) is 0 Å². The zero-order valence-corrected chi connectivity index (χ0v) is 10.5. The quantitative estimate of drug-likeness (QED) is 0.824. The number of pyridine rings is 1. The van der Waals surface area contributed by atoms with E-state index in [2.05, 4.69) is 11.1 Å². The highest BCUT2D eigenvalue weighted by molar-refractivity contribution is 6.29. The monoisotopic (exact) mass is 248 g/mol. The van der Waals surface area contributed by atoms with E-state index in [0.717, 1.165) is 11.1 Å². The van der Waals surface area contributed by atoms with Crippen molar-refractivity contribution in [2.75, 3.05) is 5.73 Å². The van der Waals surface area contributed by atoms with Crippen LogP contribution < -0.4 is 10.5 Å². The third-order valence-corrected chi connectivity index (χ3v) is 2.48. The number of benzene rings is 1. The molecule has 0 unspecified atom stereocenters. The predicted octanol–water partition coefficient (Wildman–Crippen LogP) is 3.73. The SMILES string of the molecule is Cc1cc(C)cc(Oc2nc(Cl)ccc2N)c1. The fraction of sp³-hybridized carbons (Fsp3) is 0.154. The average molecular weight is 249 g/mol. The summed E-state index contributed by atoms with van der Waals surface area (Å²) in [4.78, 5) is 4.05. The molecule has 2 aromatic rings. The molecule has 1 aromatic heterocycles. The van der Waals surface area contributed by atoms with Crippen LogP contribution in [0.4, 0.5) is 5.69 Å². The standard InChI is InChI=1S/C13H13ClN2O/c1-8-5-9(2)7-10(6-8)17-13-11(15)3-4-12(14)16-13/h3-7H,15H2,1-2H3. The molecule has 0 fully saturated rings. The van der Waals surface area contributed by atoms with Crippen molar-refractivity contribution in [3.05, 3.63) is 46.6 Å². The Hall–Kier alpha value is -1.74. The van der Waals surface area contributed by atoms with Crippen LogP contribution in [0.3, 0.4) is 0 Å². The third-order valence-electron chi connectivity index (χ3n) is 2.27. The Bertz CT molecular complexity index is 535. The maximum absolute atomic E-state index is 5.80. The Morgan fingerprint density at radius 1 is 1.12 bits per heavy atom. The van der Waals surface area contributed by atoms with Gasteiger partial charge < -0.3 is 10.5 Å². The summed E-state index contributed by atoms with van der Waals surface area (Å²) in [6, 6.07) is 9.23. The number of nitrogens with two attached hydrogens (primary N) is 1. The Morgan fingerprint density at radius 3 is 2.41 bits per heavy atom. The summed E-state index contributed by atoms with van der Waals surface area (Å²) in [6.45, 7) is 4.02. The summed E-state index contributed by atoms with van der Waals surface area (Å²) in [5.74, 6) is 1.05. The lowest BCUT2D eigenvalue weighted by molar-refractivity contribution is 0.465. The Morgan fingerprint density at radius 2 is 1.76 bits per heavy atom. The number of rotatable bonds is 2. The number of ether oxygens (including phenoxy) is 1. The Labute approximate surface area is 105 Å². The second-order valence-electron chi connectivity index (χ2n) is 3.95. The minimum absolute atomic E-state index is 0.336. The van der Waals surface area contributed by atoms with Gasteiger partial charge in [0.15, 0.2) is 0 Å². The maximum atomic E-state index is 5.80. The summed E-state index contributed by atoms with van der Waals surface area (Å²) in [6.07, 6.45) is 0. The van der Waals surface area contributed by atoms with Crippen LogP contribution in [0.25, 0.3) is 0 Å². The predicted molar refractivity (Wildman–Crippen MR) is 69.6 cm³/mol. The van der Waals surface area contributed by atoms with Crippen LogP contribution in [0.5, 0.6) is 11.6 Å². The van der Waals surface area contributed by atoms with E-state index < -0.39 is 0 Å². The van der Waals surface area contributed by atoms with Gasteiger partial charge in [-0.2, -0.15) is 4.98 Å². The van der Waals surface area contributed by atoms with E-state index in [0.29, 0.717) is 22.5 Å². The van der Waals surface area contributed by atoms with Crippen molar-refractivity contribution in [2.24, 2.45) is 0 Å². The van der Waals surface area contributed by atoms with Crippen LogP contribution in [-0.2, 0) is 0 Å². The van der Waals surface area contributed by atoms with Gasteiger partial charge in [-0.05, 0) is 49.2 Å². The molecule has 1 heterocycles. The first-order valence-electron chi connectivity index (χ1n) is 5.23. The van der Waals surface area contributed by atoms with Crippen LogP contribution in [0.2, 0.25) is 5.15 Å². The average Bonchev–Trinajstić information content (AvgIpc) is 2.22. The van der Waals surface area contributed by atoms with Crippen molar-refractivity contribution in [1.29, 1.82) is 0 Å².